The summed E-state index contributed by atoms with van der Waals surface area (Å²) in [4.78, 5) is 12.6. The smallest absolute Gasteiger partial charge is 0.407 e. The van der Waals surface area contributed by atoms with Crippen molar-refractivity contribution in [1.29, 1.82) is 0 Å². The molecule has 0 bridgehead atoms. The highest BCUT2D eigenvalue weighted by Crippen LogP contribution is 2.27. The lowest BCUT2D eigenvalue weighted by Gasteiger charge is -2.44. The van der Waals surface area contributed by atoms with Crippen LogP contribution in [0.1, 0.15) is 16.7 Å². The molecule has 0 unspecified atom stereocenters. The van der Waals surface area contributed by atoms with E-state index >= 15 is 0 Å². The maximum absolute atomic E-state index is 14.0. The number of ether oxygens (including phenoxy) is 4. The number of aliphatic hydroxyl groups excluding tert-OH is 1. The molecule has 0 spiro atoms. The predicted molar refractivity (Wildman–Crippen MR) is 130 cm³/mol. The van der Waals surface area contributed by atoms with E-state index in [-0.39, 0.29) is 19.8 Å². The largest absolute Gasteiger partial charge is 0.445 e. The van der Waals surface area contributed by atoms with Crippen LogP contribution >= 0.6 is 0 Å². The van der Waals surface area contributed by atoms with Gasteiger partial charge in [-0.3, -0.25) is 0 Å². The van der Waals surface area contributed by atoms with E-state index in [1.165, 1.54) is 0 Å². The van der Waals surface area contributed by atoms with Gasteiger partial charge in [0.1, 0.15) is 37.6 Å². The van der Waals surface area contributed by atoms with Gasteiger partial charge in [0.25, 0.3) is 0 Å². The highest BCUT2D eigenvalue weighted by molar-refractivity contribution is 5.67. The Bertz CT molecular complexity index is 1060. The average Bonchev–Trinajstić information content (AvgIpc) is 2.93. The molecule has 7 nitrogen and oxygen atoms in total. The van der Waals surface area contributed by atoms with Gasteiger partial charge in [-0.2, -0.15) is 0 Å². The highest BCUT2D eigenvalue weighted by atomic mass is 19.1. The maximum Gasteiger partial charge on any atom is 0.407 e. The van der Waals surface area contributed by atoms with Crippen molar-refractivity contribution in [2.24, 2.45) is 0 Å². The third-order valence-electron chi connectivity index (χ3n) is 5.89. The first-order valence-corrected chi connectivity index (χ1v) is 11.8. The first-order valence-electron chi connectivity index (χ1n) is 11.8. The van der Waals surface area contributed by atoms with Crippen LogP contribution in [0.5, 0.6) is 0 Å². The number of alkyl carbamates (subject to hydrolysis) is 1. The zero-order valence-electron chi connectivity index (χ0n) is 19.7. The second-order valence-electron chi connectivity index (χ2n) is 8.47. The third-order valence-corrected chi connectivity index (χ3v) is 5.89. The standard InChI is InChI=1S/C28H30FNO6/c29-16-23-25(33-17-20-10-4-1-5-11-20)26(34-18-21-12-6-2-7-13-21)24(27(31)36-23)30-28(32)35-19-22-14-8-3-9-15-22/h1-15,23-27,31H,16-19H2,(H,30,32)/t23-,24+,25-,26-,27+/m1/s1. The molecule has 4 rings (SSSR count). The van der Waals surface area contributed by atoms with Crippen molar-refractivity contribution in [1.82, 2.24) is 5.32 Å². The Kier molecular flexibility index (Phi) is 9.40. The van der Waals surface area contributed by atoms with E-state index in [1.54, 1.807) is 0 Å². The molecule has 2 N–H and O–H groups in total. The summed E-state index contributed by atoms with van der Waals surface area (Å²) in [5.74, 6) is 0. The van der Waals surface area contributed by atoms with Crippen molar-refractivity contribution in [3.8, 4) is 0 Å². The van der Waals surface area contributed by atoms with Crippen LogP contribution < -0.4 is 5.32 Å². The fourth-order valence-electron chi connectivity index (χ4n) is 4.03. The van der Waals surface area contributed by atoms with Crippen molar-refractivity contribution in [3.63, 3.8) is 0 Å². The number of carbonyl (C=O) groups is 1. The summed E-state index contributed by atoms with van der Waals surface area (Å²) in [6.45, 7) is -0.503. The van der Waals surface area contributed by atoms with Gasteiger partial charge in [0.2, 0.25) is 0 Å². The van der Waals surface area contributed by atoms with Crippen LogP contribution in [-0.4, -0.2) is 48.5 Å². The van der Waals surface area contributed by atoms with E-state index in [2.05, 4.69) is 5.32 Å². The molecule has 0 radical (unpaired) electrons. The Morgan fingerprint density at radius 1 is 0.778 bits per heavy atom. The van der Waals surface area contributed by atoms with Crippen molar-refractivity contribution >= 4 is 6.09 Å². The number of amides is 1. The summed E-state index contributed by atoms with van der Waals surface area (Å²) in [5, 5.41) is 13.3. The fraction of sp³-hybridized carbons (Fsp3) is 0.321. The number of halogens is 1. The van der Waals surface area contributed by atoms with Gasteiger partial charge >= 0.3 is 6.09 Å². The third kappa shape index (κ3) is 7.11. The Morgan fingerprint density at radius 3 is 1.75 bits per heavy atom. The van der Waals surface area contributed by atoms with Crippen LogP contribution in [0, 0.1) is 0 Å². The lowest BCUT2D eigenvalue weighted by Crippen LogP contribution is -2.65. The van der Waals surface area contributed by atoms with Crippen molar-refractivity contribution < 1.29 is 33.2 Å². The Hall–Kier alpha value is -3.30. The first kappa shape index (κ1) is 25.8. The van der Waals surface area contributed by atoms with Gasteiger partial charge in [0.05, 0.1) is 13.2 Å². The van der Waals surface area contributed by atoms with Gasteiger partial charge in [0.15, 0.2) is 6.29 Å². The molecule has 190 valence electrons. The molecule has 0 aromatic heterocycles. The zero-order chi connectivity index (χ0) is 25.2. The molecule has 8 heteroatoms. The number of benzene rings is 3. The van der Waals surface area contributed by atoms with Crippen molar-refractivity contribution in [3.05, 3.63) is 108 Å². The average molecular weight is 496 g/mol. The topological polar surface area (TPSA) is 86.3 Å². The quantitative estimate of drug-likeness (QED) is 0.440. The van der Waals surface area contributed by atoms with Gasteiger partial charge < -0.3 is 29.4 Å². The van der Waals surface area contributed by atoms with E-state index in [9.17, 15) is 14.3 Å². The summed E-state index contributed by atoms with van der Waals surface area (Å²) in [7, 11) is 0. The Labute approximate surface area is 209 Å². The van der Waals surface area contributed by atoms with Crippen molar-refractivity contribution in [2.75, 3.05) is 6.67 Å². The molecule has 3 aromatic rings. The van der Waals surface area contributed by atoms with Crippen LogP contribution in [0.3, 0.4) is 0 Å². The molecule has 1 fully saturated rings. The summed E-state index contributed by atoms with van der Waals surface area (Å²) in [5.41, 5.74) is 2.57. The number of rotatable bonds is 10. The van der Waals surface area contributed by atoms with Crippen LogP contribution in [0.25, 0.3) is 0 Å². The SMILES string of the molecule is O=C(N[C@H]1[C@@H](OCc2ccccc2)[C@H](OCc2ccccc2)[C@@H](CF)O[C@@H]1O)OCc1ccccc1. The molecule has 3 aromatic carbocycles. The number of nitrogens with one attached hydrogen (secondary N) is 1. The van der Waals surface area contributed by atoms with Crippen LogP contribution in [0.15, 0.2) is 91.0 Å². The molecule has 1 aliphatic heterocycles. The van der Waals surface area contributed by atoms with Gasteiger partial charge in [-0.05, 0) is 16.7 Å². The number of aliphatic hydroxyl groups is 1. The van der Waals surface area contributed by atoms with Gasteiger partial charge in [-0.25, -0.2) is 9.18 Å². The number of carbonyl (C=O) groups excluding carboxylic acids is 1. The second-order valence-corrected chi connectivity index (χ2v) is 8.47. The van der Waals surface area contributed by atoms with Crippen LogP contribution in [0.2, 0.25) is 0 Å². The Balaban J connectivity index is 1.49. The molecule has 36 heavy (non-hydrogen) atoms. The van der Waals surface area contributed by atoms with E-state index in [1.807, 2.05) is 91.0 Å². The number of alkyl halides is 1. The summed E-state index contributed by atoms with van der Waals surface area (Å²) >= 11 is 0. The van der Waals surface area contributed by atoms with E-state index in [4.69, 9.17) is 18.9 Å². The second kappa shape index (κ2) is 13.1. The summed E-state index contributed by atoms with van der Waals surface area (Å²) in [6, 6.07) is 27.0. The summed E-state index contributed by atoms with van der Waals surface area (Å²) in [6.07, 6.45) is -5.18. The maximum atomic E-state index is 14.0. The molecule has 1 heterocycles. The summed E-state index contributed by atoms with van der Waals surface area (Å²) < 4.78 is 37.0. The number of hydrogen-bond donors (Lipinski definition) is 2. The molecule has 5 atom stereocenters. The van der Waals surface area contributed by atoms with Gasteiger partial charge in [-0.15, -0.1) is 0 Å². The zero-order valence-corrected chi connectivity index (χ0v) is 19.7. The van der Waals surface area contributed by atoms with Crippen molar-refractivity contribution in [2.45, 2.75) is 50.5 Å². The minimum atomic E-state index is -1.52. The first-order chi connectivity index (χ1) is 17.6. The monoisotopic (exact) mass is 495 g/mol. The number of hydrogen-bond acceptors (Lipinski definition) is 6. The molecule has 1 aliphatic rings. The lowest BCUT2D eigenvalue weighted by atomic mass is 9.96. The van der Waals surface area contributed by atoms with Crippen LogP contribution in [-0.2, 0) is 38.8 Å². The Morgan fingerprint density at radius 2 is 1.25 bits per heavy atom. The molecule has 1 saturated heterocycles. The lowest BCUT2D eigenvalue weighted by molar-refractivity contribution is -0.271. The minimum Gasteiger partial charge on any atom is -0.445 e. The van der Waals surface area contributed by atoms with Crippen LogP contribution in [0.4, 0.5) is 9.18 Å². The molecule has 0 aliphatic carbocycles. The van der Waals surface area contributed by atoms with E-state index in [0.717, 1.165) is 16.7 Å². The predicted octanol–water partition coefficient (Wildman–Crippen LogP) is 4.14. The normalized spacial score (nSPS) is 23.7. The van der Waals surface area contributed by atoms with Gasteiger partial charge in [-0.1, -0.05) is 91.0 Å². The molecule has 1 amide bonds. The molecular weight excluding hydrogens is 465 g/mol. The highest BCUT2D eigenvalue weighted by Gasteiger charge is 2.48. The van der Waals surface area contributed by atoms with Gasteiger partial charge in [0, 0.05) is 0 Å². The van der Waals surface area contributed by atoms with E-state index < -0.39 is 43.4 Å². The molecular formula is C28H30FNO6. The minimum absolute atomic E-state index is 0.0485. The molecule has 0 saturated carbocycles. The fourth-order valence-corrected chi connectivity index (χ4v) is 4.03. The van der Waals surface area contributed by atoms with E-state index in [0.29, 0.717) is 0 Å².